The zero-order chi connectivity index (χ0) is 22.3. The van der Waals surface area contributed by atoms with Gasteiger partial charge in [0, 0.05) is 13.0 Å². The third-order valence-electron chi connectivity index (χ3n) is 5.04. The molecule has 0 fully saturated rings. The predicted octanol–water partition coefficient (Wildman–Crippen LogP) is 3.66. The third-order valence-corrected chi connectivity index (χ3v) is 6.22. The van der Waals surface area contributed by atoms with E-state index in [-0.39, 0.29) is 18.9 Å². The minimum absolute atomic E-state index is 0.117. The van der Waals surface area contributed by atoms with Crippen LogP contribution in [0.1, 0.15) is 35.1 Å². The van der Waals surface area contributed by atoms with Crippen LogP contribution in [0.4, 0.5) is 5.69 Å². The Morgan fingerprint density at radius 2 is 1.80 bits per heavy atom. The molecule has 1 N–H and O–H groups in total. The SMILES string of the molecule is Cc1ccc(C)c(OCCNC(=O)CCCN(c2cccc(C)c2C)S(C)(=O)=O)c1. The van der Waals surface area contributed by atoms with Crippen LogP contribution in [0.15, 0.2) is 36.4 Å². The fraction of sp³-hybridized carbons (Fsp3) is 0.435. The second-order valence-corrected chi connectivity index (χ2v) is 9.53. The minimum atomic E-state index is -3.43. The molecule has 2 aromatic carbocycles. The molecule has 7 heteroatoms. The number of hydrogen-bond acceptors (Lipinski definition) is 4. The monoisotopic (exact) mass is 432 g/mol. The molecule has 2 aromatic rings. The summed E-state index contributed by atoms with van der Waals surface area (Å²) in [6.45, 7) is 8.89. The molecule has 30 heavy (non-hydrogen) atoms. The fourth-order valence-corrected chi connectivity index (χ4v) is 4.17. The summed E-state index contributed by atoms with van der Waals surface area (Å²) in [5, 5.41) is 2.83. The summed E-state index contributed by atoms with van der Waals surface area (Å²) >= 11 is 0. The van der Waals surface area contributed by atoms with Gasteiger partial charge in [0.15, 0.2) is 0 Å². The van der Waals surface area contributed by atoms with Crippen LogP contribution in [0, 0.1) is 27.7 Å². The van der Waals surface area contributed by atoms with Gasteiger partial charge in [-0.1, -0.05) is 24.3 Å². The molecule has 0 aliphatic rings. The second kappa shape index (κ2) is 10.5. The van der Waals surface area contributed by atoms with Crippen LogP contribution in [0.25, 0.3) is 0 Å². The van der Waals surface area contributed by atoms with Crippen LogP contribution in [0.3, 0.4) is 0 Å². The molecule has 0 bridgehead atoms. The Bertz CT molecular complexity index is 987. The van der Waals surface area contributed by atoms with Crippen molar-refractivity contribution in [2.75, 3.05) is 30.3 Å². The van der Waals surface area contributed by atoms with Gasteiger partial charge in [-0.2, -0.15) is 0 Å². The molecule has 2 rings (SSSR count). The second-order valence-electron chi connectivity index (χ2n) is 7.63. The Morgan fingerprint density at radius 3 is 2.50 bits per heavy atom. The van der Waals surface area contributed by atoms with Gasteiger partial charge in [-0.15, -0.1) is 0 Å². The average Bonchev–Trinajstić information content (AvgIpc) is 2.67. The van der Waals surface area contributed by atoms with Crippen molar-refractivity contribution in [2.24, 2.45) is 0 Å². The first-order chi connectivity index (χ1) is 14.1. The molecule has 0 unspecified atom stereocenters. The Hall–Kier alpha value is -2.54. The molecule has 0 atom stereocenters. The number of ether oxygens (including phenoxy) is 1. The van der Waals surface area contributed by atoms with E-state index in [9.17, 15) is 13.2 Å². The van der Waals surface area contributed by atoms with E-state index in [1.165, 1.54) is 10.6 Å². The van der Waals surface area contributed by atoms with E-state index in [1.807, 2.05) is 58.0 Å². The third kappa shape index (κ3) is 6.76. The highest BCUT2D eigenvalue weighted by Crippen LogP contribution is 2.25. The van der Waals surface area contributed by atoms with Gasteiger partial charge in [-0.05, 0) is 68.5 Å². The average molecular weight is 433 g/mol. The summed E-state index contributed by atoms with van der Waals surface area (Å²) in [6.07, 6.45) is 1.88. The van der Waals surface area contributed by atoms with Crippen molar-refractivity contribution in [3.63, 3.8) is 0 Å². The van der Waals surface area contributed by atoms with E-state index < -0.39 is 10.0 Å². The van der Waals surface area contributed by atoms with E-state index in [1.54, 1.807) is 6.07 Å². The molecular formula is C23H32N2O4S. The summed E-state index contributed by atoms with van der Waals surface area (Å²) < 4.78 is 31.7. The largest absolute Gasteiger partial charge is 0.491 e. The summed E-state index contributed by atoms with van der Waals surface area (Å²) in [6, 6.07) is 11.6. The van der Waals surface area contributed by atoms with E-state index in [4.69, 9.17) is 4.74 Å². The number of aryl methyl sites for hydroxylation is 3. The first kappa shape index (κ1) is 23.7. The Balaban J connectivity index is 1.82. The first-order valence-corrected chi connectivity index (χ1v) is 11.9. The van der Waals surface area contributed by atoms with E-state index >= 15 is 0 Å². The van der Waals surface area contributed by atoms with Gasteiger partial charge in [0.1, 0.15) is 12.4 Å². The standard InChI is InChI=1S/C23H32N2O4S/c1-17-11-12-19(3)22(16-17)29-15-13-24-23(26)10-7-14-25(30(5,27)28)21-9-6-8-18(2)20(21)4/h6,8-9,11-12,16H,7,10,13-15H2,1-5H3,(H,24,26). The van der Waals surface area contributed by atoms with Crippen LogP contribution in [-0.2, 0) is 14.8 Å². The van der Waals surface area contributed by atoms with Crippen molar-refractivity contribution in [3.8, 4) is 5.75 Å². The highest BCUT2D eigenvalue weighted by atomic mass is 32.2. The van der Waals surface area contributed by atoms with E-state index in [2.05, 4.69) is 5.32 Å². The number of carbonyl (C=O) groups is 1. The maximum Gasteiger partial charge on any atom is 0.232 e. The maximum atomic E-state index is 12.3. The number of rotatable bonds is 10. The maximum absolute atomic E-state index is 12.3. The van der Waals surface area contributed by atoms with Gasteiger partial charge in [-0.25, -0.2) is 8.42 Å². The van der Waals surface area contributed by atoms with Crippen molar-refractivity contribution in [1.82, 2.24) is 5.32 Å². The molecule has 1 amide bonds. The van der Waals surface area contributed by atoms with Crippen molar-refractivity contribution < 1.29 is 17.9 Å². The van der Waals surface area contributed by atoms with Crippen LogP contribution in [0.2, 0.25) is 0 Å². The molecule has 0 heterocycles. The number of hydrogen-bond donors (Lipinski definition) is 1. The van der Waals surface area contributed by atoms with Gasteiger partial charge in [0.25, 0.3) is 0 Å². The summed E-state index contributed by atoms with van der Waals surface area (Å²) in [4.78, 5) is 12.1. The number of sulfonamides is 1. The normalized spacial score (nSPS) is 11.2. The van der Waals surface area contributed by atoms with Crippen LogP contribution >= 0.6 is 0 Å². The topological polar surface area (TPSA) is 75.7 Å². The number of amides is 1. The van der Waals surface area contributed by atoms with Crippen molar-refractivity contribution in [1.29, 1.82) is 0 Å². The fourth-order valence-electron chi connectivity index (χ4n) is 3.16. The molecule has 6 nitrogen and oxygen atoms in total. The van der Waals surface area contributed by atoms with Crippen molar-refractivity contribution in [2.45, 2.75) is 40.5 Å². The lowest BCUT2D eigenvalue weighted by Crippen LogP contribution is -2.33. The van der Waals surface area contributed by atoms with E-state index in [0.29, 0.717) is 25.3 Å². The smallest absolute Gasteiger partial charge is 0.232 e. The lowest BCUT2D eigenvalue weighted by atomic mass is 10.1. The van der Waals surface area contributed by atoms with Gasteiger partial charge in [0.05, 0.1) is 18.5 Å². The molecule has 0 aromatic heterocycles. The van der Waals surface area contributed by atoms with Crippen LogP contribution < -0.4 is 14.4 Å². The predicted molar refractivity (Wildman–Crippen MR) is 122 cm³/mol. The summed E-state index contributed by atoms with van der Waals surface area (Å²) in [5.41, 5.74) is 4.80. The zero-order valence-electron chi connectivity index (χ0n) is 18.5. The molecule has 0 saturated carbocycles. The van der Waals surface area contributed by atoms with E-state index in [0.717, 1.165) is 28.0 Å². The molecular weight excluding hydrogens is 400 g/mol. The number of carbonyl (C=O) groups excluding carboxylic acids is 1. The Labute approximate surface area is 180 Å². The molecule has 0 aliphatic carbocycles. The first-order valence-electron chi connectivity index (χ1n) is 10.1. The summed E-state index contributed by atoms with van der Waals surface area (Å²) in [7, 11) is -3.43. The zero-order valence-corrected chi connectivity index (χ0v) is 19.3. The minimum Gasteiger partial charge on any atom is -0.491 e. The molecule has 0 aliphatic heterocycles. The van der Waals surface area contributed by atoms with Crippen LogP contribution in [0.5, 0.6) is 5.75 Å². The van der Waals surface area contributed by atoms with Gasteiger partial charge in [0.2, 0.25) is 15.9 Å². The highest BCUT2D eigenvalue weighted by molar-refractivity contribution is 7.92. The molecule has 0 spiro atoms. The number of benzene rings is 2. The Morgan fingerprint density at radius 1 is 1.07 bits per heavy atom. The lowest BCUT2D eigenvalue weighted by molar-refractivity contribution is -0.121. The number of nitrogens with zero attached hydrogens (tertiary/aromatic N) is 1. The van der Waals surface area contributed by atoms with Crippen molar-refractivity contribution >= 4 is 21.6 Å². The van der Waals surface area contributed by atoms with Crippen LogP contribution in [-0.4, -0.2) is 40.3 Å². The number of anilines is 1. The van der Waals surface area contributed by atoms with Gasteiger partial charge >= 0.3 is 0 Å². The molecule has 0 radical (unpaired) electrons. The quantitative estimate of drug-likeness (QED) is 0.582. The van der Waals surface area contributed by atoms with Crippen molar-refractivity contribution in [3.05, 3.63) is 58.7 Å². The summed E-state index contributed by atoms with van der Waals surface area (Å²) in [5.74, 6) is 0.704. The Kier molecular flexibility index (Phi) is 8.29. The van der Waals surface area contributed by atoms with Gasteiger partial charge in [-0.3, -0.25) is 9.10 Å². The molecule has 164 valence electrons. The molecule has 0 saturated heterocycles. The van der Waals surface area contributed by atoms with Gasteiger partial charge < -0.3 is 10.1 Å². The number of nitrogens with one attached hydrogen (secondary N) is 1. The lowest BCUT2D eigenvalue weighted by Gasteiger charge is -2.24. The highest BCUT2D eigenvalue weighted by Gasteiger charge is 2.19.